The number of rotatable bonds is 5. The lowest BCUT2D eigenvalue weighted by Crippen LogP contribution is -2.37. The predicted octanol–water partition coefficient (Wildman–Crippen LogP) is 4.11. The second-order valence-electron chi connectivity index (χ2n) is 6.99. The molecule has 0 unspecified atom stereocenters. The minimum Gasteiger partial charge on any atom is -0.358 e. The minimum absolute atomic E-state index is 0.0618. The molecule has 3 heteroatoms. The number of nitrogens with one attached hydrogen (secondary N) is 2. The molecule has 1 heterocycles. The lowest BCUT2D eigenvalue weighted by Gasteiger charge is -2.26. The van der Waals surface area contributed by atoms with Crippen LogP contribution < -0.4 is 5.32 Å². The van der Waals surface area contributed by atoms with Crippen LogP contribution in [0.4, 0.5) is 0 Å². The average molecular weight is 320 g/mol. The number of para-hydroxylation sites is 1. The zero-order valence-corrected chi connectivity index (χ0v) is 14.5. The van der Waals surface area contributed by atoms with E-state index in [-0.39, 0.29) is 11.3 Å². The first kappa shape index (κ1) is 16.3. The number of H-pyrrole nitrogens is 1. The van der Waals surface area contributed by atoms with E-state index in [0.29, 0.717) is 13.0 Å². The quantitative estimate of drug-likeness (QED) is 0.730. The molecule has 0 atom stereocenters. The molecule has 0 fully saturated rings. The third-order valence-corrected chi connectivity index (χ3v) is 4.51. The zero-order valence-electron chi connectivity index (χ0n) is 14.5. The van der Waals surface area contributed by atoms with Gasteiger partial charge < -0.3 is 10.3 Å². The van der Waals surface area contributed by atoms with Crippen LogP contribution in [0.15, 0.2) is 54.6 Å². The van der Waals surface area contributed by atoms with Crippen molar-refractivity contribution in [2.75, 3.05) is 6.54 Å². The lowest BCUT2D eigenvalue weighted by molar-refractivity contribution is -0.120. The molecular formula is C21H24N2O. The second kappa shape index (κ2) is 6.52. The van der Waals surface area contributed by atoms with Crippen molar-refractivity contribution in [3.8, 4) is 0 Å². The molecule has 0 saturated carbocycles. The van der Waals surface area contributed by atoms with E-state index in [0.717, 1.165) is 11.1 Å². The molecule has 0 aliphatic carbocycles. The molecule has 1 amide bonds. The number of benzene rings is 2. The Hall–Kier alpha value is -2.55. The molecule has 3 rings (SSSR count). The Bertz CT molecular complexity index is 847. The summed E-state index contributed by atoms with van der Waals surface area (Å²) in [4.78, 5) is 15.7. The van der Waals surface area contributed by atoms with E-state index >= 15 is 0 Å². The third-order valence-electron chi connectivity index (χ3n) is 4.51. The summed E-state index contributed by atoms with van der Waals surface area (Å²) in [6.07, 6.45) is 0.420. The van der Waals surface area contributed by atoms with Crippen LogP contribution in [0.3, 0.4) is 0 Å². The minimum atomic E-state index is -0.143. The van der Waals surface area contributed by atoms with Gasteiger partial charge in [-0.1, -0.05) is 62.4 Å². The molecule has 3 nitrogen and oxygen atoms in total. The first-order chi connectivity index (χ1) is 11.5. The highest BCUT2D eigenvalue weighted by molar-refractivity contribution is 5.86. The lowest BCUT2D eigenvalue weighted by atomic mass is 9.82. The van der Waals surface area contributed by atoms with E-state index in [1.165, 1.54) is 16.6 Å². The maximum absolute atomic E-state index is 12.3. The molecule has 124 valence electrons. The molecular weight excluding hydrogens is 296 g/mol. The molecule has 0 radical (unpaired) electrons. The number of amides is 1. The highest BCUT2D eigenvalue weighted by Crippen LogP contribution is 2.32. The number of aryl methyl sites for hydroxylation is 1. The number of aromatic amines is 1. The van der Waals surface area contributed by atoms with E-state index in [1.54, 1.807) is 0 Å². The van der Waals surface area contributed by atoms with Crippen LogP contribution in [0.25, 0.3) is 10.9 Å². The monoisotopic (exact) mass is 320 g/mol. The van der Waals surface area contributed by atoms with Gasteiger partial charge in [-0.05, 0) is 24.1 Å². The van der Waals surface area contributed by atoms with Gasteiger partial charge >= 0.3 is 0 Å². The predicted molar refractivity (Wildman–Crippen MR) is 99.2 cm³/mol. The maximum atomic E-state index is 12.3. The van der Waals surface area contributed by atoms with Crippen molar-refractivity contribution in [3.05, 3.63) is 71.4 Å². The smallest absolute Gasteiger partial charge is 0.224 e. The zero-order chi connectivity index (χ0) is 17.2. The molecule has 0 aliphatic rings. The number of aromatic nitrogens is 1. The Morgan fingerprint density at radius 3 is 2.46 bits per heavy atom. The van der Waals surface area contributed by atoms with Gasteiger partial charge in [0, 0.05) is 28.6 Å². The summed E-state index contributed by atoms with van der Waals surface area (Å²) in [6.45, 7) is 7.07. The van der Waals surface area contributed by atoms with Crippen molar-refractivity contribution in [3.63, 3.8) is 0 Å². The summed E-state index contributed by atoms with van der Waals surface area (Å²) in [5, 5.41) is 4.33. The molecule has 0 spiro atoms. The van der Waals surface area contributed by atoms with E-state index in [9.17, 15) is 4.79 Å². The Morgan fingerprint density at radius 1 is 1.04 bits per heavy atom. The first-order valence-electron chi connectivity index (χ1n) is 8.36. The average Bonchev–Trinajstić information content (AvgIpc) is 2.90. The molecule has 3 aromatic rings. The summed E-state index contributed by atoms with van der Waals surface area (Å²) >= 11 is 0. The van der Waals surface area contributed by atoms with Gasteiger partial charge in [0.1, 0.15) is 0 Å². The second-order valence-corrected chi connectivity index (χ2v) is 6.99. The van der Waals surface area contributed by atoms with Crippen molar-refractivity contribution in [1.29, 1.82) is 0 Å². The molecule has 2 N–H and O–H groups in total. The van der Waals surface area contributed by atoms with Gasteiger partial charge in [0.05, 0.1) is 6.42 Å². The van der Waals surface area contributed by atoms with E-state index < -0.39 is 0 Å². The van der Waals surface area contributed by atoms with Crippen LogP contribution >= 0.6 is 0 Å². The largest absolute Gasteiger partial charge is 0.358 e. The topological polar surface area (TPSA) is 44.9 Å². The van der Waals surface area contributed by atoms with Gasteiger partial charge in [-0.15, -0.1) is 0 Å². The Morgan fingerprint density at radius 2 is 1.71 bits per heavy atom. The molecule has 2 aromatic carbocycles. The summed E-state index contributed by atoms with van der Waals surface area (Å²) in [5.74, 6) is 0.0618. The van der Waals surface area contributed by atoms with Gasteiger partial charge in [0.25, 0.3) is 0 Å². The SMILES string of the molecule is Cc1[nH]c2ccccc2c1C(C)(C)CNC(=O)Cc1ccccc1. The number of hydrogen-bond acceptors (Lipinski definition) is 1. The molecule has 0 bridgehead atoms. The van der Waals surface area contributed by atoms with Gasteiger partial charge in [0.2, 0.25) is 5.91 Å². The molecule has 1 aromatic heterocycles. The van der Waals surface area contributed by atoms with Crippen molar-refractivity contribution in [1.82, 2.24) is 10.3 Å². The fourth-order valence-corrected chi connectivity index (χ4v) is 3.40. The summed E-state index contributed by atoms with van der Waals surface area (Å²) in [5.41, 5.74) is 4.48. The van der Waals surface area contributed by atoms with Gasteiger partial charge in [-0.25, -0.2) is 0 Å². The summed E-state index contributed by atoms with van der Waals surface area (Å²) in [6, 6.07) is 18.2. The van der Waals surface area contributed by atoms with Crippen LogP contribution in [-0.4, -0.2) is 17.4 Å². The van der Waals surface area contributed by atoms with Crippen LogP contribution in [0, 0.1) is 6.92 Å². The van der Waals surface area contributed by atoms with Gasteiger partial charge in [0.15, 0.2) is 0 Å². The Balaban J connectivity index is 1.73. The number of carbonyl (C=O) groups excluding carboxylic acids is 1. The fraction of sp³-hybridized carbons (Fsp3) is 0.286. The van der Waals surface area contributed by atoms with Gasteiger partial charge in [-0.2, -0.15) is 0 Å². The van der Waals surface area contributed by atoms with E-state index in [1.807, 2.05) is 36.4 Å². The molecule has 0 saturated heterocycles. The maximum Gasteiger partial charge on any atom is 0.224 e. The van der Waals surface area contributed by atoms with Crippen LogP contribution in [-0.2, 0) is 16.6 Å². The van der Waals surface area contributed by atoms with Crippen molar-refractivity contribution >= 4 is 16.8 Å². The van der Waals surface area contributed by atoms with Gasteiger partial charge in [-0.3, -0.25) is 4.79 Å². The Kier molecular flexibility index (Phi) is 4.43. The number of fused-ring (bicyclic) bond motifs is 1. The van der Waals surface area contributed by atoms with E-state index in [2.05, 4.69) is 49.3 Å². The van der Waals surface area contributed by atoms with Crippen molar-refractivity contribution in [2.45, 2.75) is 32.6 Å². The summed E-state index contributed by atoms with van der Waals surface area (Å²) < 4.78 is 0. The Labute approximate surface area is 143 Å². The van der Waals surface area contributed by atoms with Crippen LogP contribution in [0.5, 0.6) is 0 Å². The molecule has 0 aliphatic heterocycles. The highest BCUT2D eigenvalue weighted by atomic mass is 16.1. The van der Waals surface area contributed by atoms with E-state index in [4.69, 9.17) is 0 Å². The molecule has 24 heavy (non-hydrogen) atoms. The third kappa shape index (κ3) is 3.35. The fourth-order valence-electron chi connectivity index (χ4n) is 3.40. The number of hydrogen-bond donors (Lipinski definition) is 2. The highest BCUT2D eigenvalue weighted by Gasteiger charge is 2.26. The normalized spacial score (nSPS) is 11.6. The van der Waals surface area contributed by atoms with Crippen molar-refractivity contribution < 1.29 is 4.79 Å². The van der Waals surface area contributed by atoms with Crippen molar-refractivity contribution in [2.24, 2.45) is 0 Å². The van der Waals surface area contributed by atoms with Crippen LogP contribution in [0.1, 0.15) is 30.7 Å². The standard InChI is InChI=1S/C21H24N2O/c1-15-20(17-11-7-8-12-18(17)23-15)21(2,3)14-22-19(24)13-16-9-5-4-6-10-16/h4-12,23H,13-14H2,1-3H3,(H,22,24). The first-order valence-corrected chi connectivity index (χ1v) is 8.36. The van der Waals surface area contributed by atoms with Crippen LogP contribution in [0.2, 0.25) is 0 Å². The number of carbonyl (C=O) groups is 1. The summed E-state index contributed by atoms with van der Waals surface area (Å²) in [7, 11) is 0.